The third-order valence-electron chi connectivity index (χ3n) is 16.4. The van der Waals surface area contributed by atoms with Gasteiger partial charge < -0.3 is 9.29 Å². The largest absolute Gasteiger partial charge is 0.534 e. The van der Waals surface area contributed by atoms with E-state index in [0.29, 0.717) is 40.1 Å². The fourth-order valence-electron chi connectivity index (χ4n) is 12.0. The second-order valence-electron chi connectivity index (χ2n) is 21.8. The van der Waals surface area contributed by atoms with Crippen LogP contribution in [-0.2, 0) is 401 Å². The van der Waals surface area contributed by atoms with E-state index in [4.69, 9.17) is 49.7 Å². The van der Waals surface area contributed by atoms with E-state index >= 15 is 0 Å². The van der Waals surface area contributed by atoms with E-state index in [1.165, 1.54) is 117 Å². The zero-order valence-corrected chi connectivity index (χ0v) is 94.8. The van der Waals surface area contributed by atoms with Crippen molar-refractivity contribution in [2.24, 2.45) is 23.7 Å². The Hall–Kier alpha value is 6.38. The second-order valence-corrected chi connectivity index (χ2v) is 106. The van der Waals surface area contributed by atoms with Gasteiger partial charge in [-0.05, 0) is 61.1 Å². The molecule has 6 fully saturated rings. The minimum atomic E-state index is -5.79. The van der Waals surface area contributed by atoms with Crippen molar-refractivity contribution in [2.75, 3.05) is 26.2 Å². The predicted octanol–water partition coefficient (Wildman–Crippen LogP) is 10.5. The number of hydrogen-bond donors (Lipinski definition) is 2. The number of alkyl halides is 3. The van der Waals surface area contributed by atoms with Gasteiger partial charge in [0.1, 0.15) is 5.75 Å². The third-order valence-corrected chi connectivity index (χ3v) is 115. The van der Waals surface area contributed by atoms with Crippen LogP contribution in [0.4, 0.5) is 13.2 Å². The van der Waals surface area contributed by atoms with Crippen LogP contribution in [-0.4, -0.2) is 101 Å². The maximum absolute atomic E-state index is 12.7. The Morgan fingerprint density at radius 2 is 0.806 bits per heavy atom. The number of aliphatic hydroxyl groups excluding tert-OH is 2. The monoisotopic (exact) mass is 2400 g/mol. The molecule has 9 nitrogen and oxygen atoms in total. The van der Waals surface area contributed by atoms with Crippen LogP contribution in [0.2, 0.25) is 13.3 Å². The average molecular weight is 2400 g/mol. The molecule has 0 spiro atoms. The number of hydrogen-bond acceptors (Lipinski definition) is 13. The number of fused-ring (bicyclic) bond motifs is 8. The molecule has 6 aliphatic heterocycles. The summed E-state index contributed by atoms with van der Waals surface area (Å²) in [5.74, 6) is 1.57. The van der Waals surface area contributed by atoms with E-state index in [9.17, 15) is 31.8 Å². The molecule has 2 aromatic heterocycles. The number of pyridine rings is 2. The predicted molar refractivity (Wildman–Crippen MR) is 574 cm³/mol. The summed E-state index contributed by atoms with van der Waals surface area (Å²) < 4.78 is 71.0. The van der Waals surface area contributed by atoms with Crippen LogP contribution in [0, 0.1) is 23.7 Å². The number of unbranched alkanes of at least 4 members (excludes halogenated alkanes) is 3. The van der Waals surface area contributed by atoms with E-state index in [-0.39, 0.29) is 12.1 Å². The Kier molecular flexibility index (Phi) is 62.3. The van der Waals surface area contributed by atoms with Crippen LogP contribution in [0.25, 0.3) is 21.8 Å². The van der Waals surface area contributed by atoms with Gasteiger partial charge in [0.25, 0.3) is 0 Å². The van der Waals surface area contributed by atoms with Gasteiger partial charge in [0.15, 0.2) is 0 Å². The van der Waals surface area contributed by atoms with Crippen LogP contribution in [0.15, 0.2) is 86.2 Å². The molecule has 4 aromatic rings. The third kappa shape index (κ3) is 40.1. The van der Waals surface area contributed by atoms with Crippen LogP contribution in [0.1, 0.15) is 108 Å². The zero-order valence-electron chi connectivity index (χ0n) is 56.0. The molecular weight excluding hydrogens is 2340 g/mol. The molecule has 0 amide bonds. The summed E-state index contributed by atoms with van der Waals surface area (Å²) in [6, 6.07) is 14.7. The second kappa shape index (κ2) is 64.2. The molecule has 8 heterocycles. The number of benzene rings is 2. The first kappa shape index (κ1) is 105. The molecule has 57 heteroatoms. The minimum Gasteiger partial charge on any atom is -0.387 e. The van der Waals surface area contributed by atoms with Gasteiger partial charge in [0.05, 0.1) is 11.6 Å². The zero-order chi connectivity index (χ0) is 78.1. The Balaban J connectivity index is 0.000000265. The number of aliphatic hydroxyl groups is 2. The summed E-state index contributed by atoms with van der Waals surface area (Å²) in [7, 11) is 61.3. The van der Waals surface area contributed by atoms with Crippen LogP contribution in [0.5, 0.6) is 5.75 Å². The molecule has 108 heavy (non-hydrogen) atoms. The summed E-state index contributed by atoms with van der Waals surface area (Å²) in [6.07, 6.45) is 18.3. The van der Waals surface area contributed by atoms with Crippen LogP contribution >= 0.6 is 0 Å². The molecule has 6 saturated heterocycles. The van der Waals surface area contributed by atoms with E-state index in [2.05, 4.69) is 83.2 Å². The van der Waals surface area contributed by atoms with Crippen molar-refractivity contribution in [3.63, 3.8) is 0 Å². The minimum absolute atomic E-state index is 0.144. The van der Waals surface area contributed by atoms with Gasteiger partial charge in [-0.3, -0.25) is 9.88 Å². The Bertz CT molecular complexity index is 5680. The standard InChI is InChI=1S/C20H21F3N2O4S.C19H21N2O.3C4H9.S22.S21.Sn/c1-2-12-11-25-8-6-13(12)9-18(25)19(26)15-5-7-24-17-4-3-14(10-16(15)17)29-30(27,28)20(21,22)23;1-2-13-12-21-10-8-14(13)11-18(21)19(22)16-7-9-20-17-6-4-3-5-15(16)17;3*1-3-4-2;1-3-5-7-9-11-13-15-17-19-21-22-20-18-16-14-12-10-8-6-4-2;1-3-5-7-9-11-13-15-17-19-21-20-18-16-14-12-10-8-6-4-2;/h2-5,7,10,12-13,18-19,26H,1,6,8-9,11H2;2,4-7,9,13-14,18-19,22H,1,8,10-12H2;3*1,3-4H2,2H3;;;/t12?,13?,18?,19-;13?,14?,18?,19-;;;;;;/m11....../s1. The molecule has 0 saturated carbocycles. The van der Waals surface area contributed by atoms with Crippen molar-refractivity contribution in [1.29, 1.82) is 0 Å². The molecule has 6 aliphatic rings. The van der Waals surface area contributed by atoms with E-state index in [0.717, 1.165) is 62.6 Å². The van der Waals surface area contributed by atoms with Gasteiger partial charge in [-0.2, -0.15) is 21.6 Å². The quantitative estimate of drug-likeness (QED) is 0.0427. The number of aromatic nitrogens is 2. The molecule has 0 radical (unpaired) electrons. The van der Waals surface area contributed by atoms with Crippen molar-refractivity contribution in [3.8, 4) is 5.75 Å². The Morgan fingerprint density at radius 3 is 1.08 bits per heavy atom. The summed E-state index contributed by atoms with van der Waals surface area (Å²) in [5, 5.41) is 24.5. The summed E-state index contributed by atoms with van der Waals surface area (Å²) in [5.41, 5.74) is -2.49. The summed E-state index contributed by atoms with van der Waals surface area (Å²) >= 11 is 16.5. The fourth-order valence-corrected chi connectivity index (χ4v) is 124. The molecular formula is C51H69F3N4O5S44Sn. The molecule has 2 N–H and O–H groups in total. The van der Waals surface area contributed by atoms with Crippen molar-refractivity contribution in [3.05, 3.63) is 97.4 Å². The Labute approximate surface area is 766 Å². The summed E-state index contributed by atoms with van der Waals surface area (Å²) in [6.45, 7) is 18.8. The van der Waals surface area contributed by atoms with Gasteiger partial charge in [-0.1, -0.05) is 6.08 Å². The van der Waals surface area contributed by atoms with Gasteiger partial charge in [-0.15, -0.1) is 6.58 Å². The van der Waals surface area contributed by atoms with Crippen LogP contribution < -0.4 is 7.76 Å². The SMILES string of the molecule is C=CC1CN2CCC1CC2[C@H](O)c1ccnc2cc[c]([Sn]([CH2]CCC)([CH2]CCC)[CH2]CCC)cc12.C=CC1CN2CCC1CC2[C@H](O)c1ccnc2ccc(OS(=O)(=O)C(F)(F)F)cc12.S=S=S=S=S=S=S=S=S=S=S=S=S=S=S=S=S=S=S=S=S.S=S=S=S=S=S=S=S=S=S=S=S=S=S=S=S=S=S=S=S=S=S. The fraction of sp³-hybridized carbons (Fsp3) is 0.569. The first-order chi connectivity index (χ1) is 52.5. The first-order valence-corrected chi connectivity index (χ1v) is 94.4. The smallest absolute Gasteiger partial charge is 0.387 e. The van der Waals surface area contributed by atoms with Crippen molar-refractivity contribution < 1.29 is 36.0 Å². The molecule has 612 valence electrons. The number of nitrogens with zero attached hydrogens (tertiary/aromatic N) is 4. The van der Waals surface area contributed by atoms with Gasteiger partial charge in [0.2, 0.25) is 0 Å². The van der Waals surface area contributed by atoms with E-state index in [1.54, 1.807) is 320 Å². The topological polar surface area (TPSA) is 116 Å². The summed E-state index contributed by atoms with van der Waals surface area (Å²) in [4.78, 5) is 13.6. The molecule has 10 atom stereocenters. The van der Waals surface area contributed by atoms with E-state index in [1.807, 2.05) is 12.3 Å². The average Bonchev–Trinajstić information content (AvgIpc) is 0.768. The van der Waals surface area contributed by atoms with Crippen molar-refractivity contribution >= 4 is 445 Å². The molecule has 4 bridgehead atoms. The van der Waals surface area contributed by atoms with Crippen LogP contribution in [0.3, 0.4) is 0 Å². The van der Waals surface area contributed by atoms with Crippen molar-refractivity contribution in [2.45, 2.75) is 128 Å². The first-order valence-electron chi connectivity index (χ1n) is 30.9. The van der Waals surface area contributed by atoms with Crippen molar-refractivity contribution in [1.82, 2.24) is 19.8 Å². The Morgan fingerprint density at radius 1 is 0.500 bits per heavy atom. The molecule has 10 rings (SSSR count). The van der Waals surface area contributed by atoms with E-state index < -0.39 is 52.0 Å². The number of rotatable bonds is 18. The van der Waals surface area contributed by atoms with Gasteiger partial charge in [0, 0.05) is 415 Å². The number of halogens is 3. The molecule has 8 unspecified atom stereocenters. The van der Waals surface area contributed by atoms with Gasteiger partial charge in [-0.25, -0.2) is 0 Å². The normalized spacial score (nSPS) is 18.8. The molecule has 2 aromatic carbocycles. The maximum atomic E-state index is 12.7. The van der Waals surface area contributed by atoms with Gasteiger partial charge >= 0.3 is 235 Å². The maximum Gasteiger partial charge on any atom is 0.534 e. The number of piperidine rings is 6. The molecule has 0 aliphatic carbocycles.